The van der Waals surface area contributed by atoms with Gasteiger partial charge >= 0.3 is 7.60 Å². The first-order valence-corrected chi connectivity index (χ1v) is 8.16. The molecule has 2 rings (SSSR count). The maximum atomic E-state index is 12.5. The third-order valence-electron chi connectivity index (χ3n) is 3.83. The Morgan fingerprint density at radius 3 is 2.50 bits per heavy atom. The average molecular weight is 297 g/mol. The summed E-state index contributed by atoms with van der Waals surface area (Å²) in [5, 5.41) is 0. The molecule has 1 aromatic rings. The molecule has 20 heavy (non-hydrogen) atoms. The van der Waals surface area contributed by atoms with Gasteiger partial charge < -0.3 is 13.9 Å². The molecule has 0 fully saturated rings. The SMILES string of the molecule is COP(=O)(CC1(C)CN(C(C)=O)c2ccccc21)OC. The Kier molecular flexibility index (Phi) is 4.05. The highest BCUT2D eigenvalue weighted by molar-refractivity contribution is 7.53. The number of para-hydroxylation sites is 1. The summed E-state index contributed by atoms with van der Waals surface area (Å²) in [5.74, 6) is -0.0224. The number of fused-ring (bicyclic) bond motifs is 1. The van der Waals surface area contributed by atoms with Gasteiger partial charge in [0, 0.05) is 38.8 Å². The monoisotopic (exact) mass is 297 g/mol. The summed E-state index contributed by atoms with van der Waals surface area (Å²) in [6.07, 6.45) is 0.244. The van der Waals surface area contributed by atoms with Crippen LogP contribution in [-0.2, 0) is 23.8 Å². The topological polar surface area (TPSA) is 55.8 Å². The molecule has 0 aromatic heterocycles. The average Bonchev–Trinajstić information content (AvgIpc) is 2.73. The zero-order chi connectivity index (χ0) is 15.0. The largest absolute Gasteiger partial charge is 0.331 e. The minimum Gasteiger partial charge on any atom is -0.312 e. The minimum absolute atomic E-state index is 0.0224. The zero-order valence-corrected chi connectivity index (χ0v) is 13.1. The van der Waals surface area contributed by atoms with Gasteiger partial charge in [-0.3, -0.25) is 9.36 Å². The number of carbonyl (C=O) groups excluding carboxylic acids is 1. The van der Waals surface area contributed by atoms with E-state index in [0.29, 0.717) is 6.54 Å². The molecule has 0 radical (unpaired) electrons. The molecular formula is C14H20NO4P. The summed E-state index contributed by atoms with van der Waals surface area (Å²) < 4.78 is 22.6. The molecule has 0 spiro atoms. The van der Waals surface area contributed by atoms with Crippen molar-refractivity contribution in [3.63, 3.8) is 0 Å². The van der Waals surface area contributed by atoms with Crippen LogP contribution >= 0.6 is 7.60 Å². The lowest BCUT2D eigenvalue weighted by molar-refractivity contribution is -0.116. The van der Waals surface area contributed by atoms with Crippen LogP contribution in [-0.4, -0.2) is 32.8 Å². The number of hydrogen-bond acceptors (Lipinski definition) is 4. The van der Waals surface area contributed by atoms with Gasteiger partial charge in [0.1, 0.15) is 0 Å². The Hall–Kier alpha value is -1.16. The molecule has 6 heteroatoms. The first kappa shape index (κ1) is 15.2. The second-order valence-corrected chi connectivity index (χ2v) is 7.59. The van der Waals surface area contributed by atoms with Crippen LogP contribution in [0.2, 0.25) is 0 Å². The predicted octanol–water partition coefficient (Wildman–Crippen LogP) is 2.80. The van der Waals surface area contributed by atoms with E-state index in [1.165, 1.54) is 21.1 Å². The lowest BCUT2D eigenvalue weighted by Crippen LogP contribution is -2.36. The smallest absolute Gasteiger partial charge is 0.312 e. The predicted molar refractivity (Wildman–Crippen MR) is 78.3 cm³/mol. The van der Waals surface area contributed by atoms with Gasteiger partial charge in [-0.15, -0.1) is 0 Å². The highest BCUT2D eigenvalue weighted by atomic mass is 31.2. The molecule has 1 unspecified atom stereocenters. The van der Waals surface area contributed by atoms with Gasteiger partial charge in [0.05, 0.1) is 6.16 Å². The molecule has 0 saturated carbocycles. The van der Waals surface area contributed by atoms with E-state index in [4.69, 9.17) is 9.05 Å². The quantitative estimate of drug-likeness (QED) is 0.802. The van der Waals surface area contributed by atoms with Crippen LogP contribution in [0.5, 0.6) is 0 Å². The highest BCUT2D eigenvalue weighted by Crippen LogP contribution is 2.54. The van der Waals surface area contributed by atoms with Gasteiger partial charge in [0.2, 0.25) is 5.91 Å². The molecule has 1 amide bonds. The van der Waals surface area contributed by atoms with E-state index in [1.807, 2.05) is 31.2 Å². The number of rotatable bonds is 4. The Labute approximate surface area is 119 Å². The summed E-state index contributed by atoms with van der Waals surface area (Å²) in [6, 6.07) is 7.69. The molecule has 0 N–H and O–H groups in total. The van der Waals surface area contributed by atoms with Gasteiger partial charge in [-0.1, -0.05) is 25.1 Å². The van der Waals surface area contributed by atoms with E-state index in [9.17, 15) is 9.36 Å². The van der Waals surface area contributed by atoms with Crippen molar-refractivity contribution >= 4 is 19.2 Å². The molecule has 1 aromatic carbocycles. The zero-order valence-electron chi connectivity index (χ0n) is 12.3. The maximum Gasteiger partial charge on any atom is 0.331 e. The lowest BCUT2D eigenvalue weighted by Gasteiger charge is -2.28. The number of carbonyl (C=O) groups is 1. The van der Waals surface area contributed by atoms with Gasteiger partial charge in [-0.05, 0) is 11.6 Å². The number of nitrogens with zero attached hydrogens (tertiary/aromatic N) is 1. The van der Waals surface area contributed by atoms with Crippen molar-refractivity contribution in [2.75, 3.05) is 31.8 Å². The van der Waals surface area contributed by atoms with Crippen LogP contribution in [0.15, 0.2) is 24.3 Å². The molecular weight excluding hydrogens is 277 g/mol. The van der Waals surface area contributed by atoms with Gasteiger partial charge in [-0.25, -0.2) is 0 Å². The van der Waals surface area contributed by atoms with Crippen LogP contribution in [0.4, 0.5) is 5.69 Å². The number of anilines is 1. The van der Waals surface area contributed by atoms with Crippen molar-refractivity contribution in [2.24, 2.45) is 0 Å². The second kappa shape index (κ2) is 5.32. The molecule has 1 aliphatic heterocycles. The van der Waals surface area contributed by atoms with Crippen LogP contribution in [0.25, 0.3) is 0 Å². The number of benzene rings is 1. The molecule has 1 atom stereocenters. The van der Waals surface area contributed by atoms with Crippen LogP contribution < -0.4 is 4.90 Å². The molecule has 0 bridgehead atoms. The van der Waals surface area contributed by atoms with Gasteiger partial charge in [0.25, 0.3) is 0 Å². The van der Waals surface area contributed by atoms with Crippen molar-refractivity contribution in [2.45, 2.75) is 19.3 Å². The summed E-state index contributed by atoms with van der Waals surface area (Å²) >= 11 is 0. The van der Waals surface area contributed by atoms with Crippen molar-refractivity contribution in [3.05, 3.63) is 29.8 Å². The van der Waals surface area contributed by atoms with Crippen molar-refractivity contribution in [1.29, 1.82) is 0 Å². The van der Waals surface area contributed by atoms with Crippen LogP contribution in [0, 0.1) is 0 Å². The fourth-order valence-corrected chi connectivity index (χ4v) is 4.32. The summed E-state index contributed by atoms with van der Waals surface area (Å²) in [7, 11) is -0.374. The molecule has 5 nitrogen and oxygen atoms in total. The van der Waals surface area contributed by atoms with Crippen molar-refractivity contribution in [3.8, 4) is 0 Å². The van der Waals surface area contributed by atoms with E-state index in [0.717, 1.165) is 11.3 Å². The third kappa shape index (κ3) is 2.53. The minimum atomic E-state index is -3.15. The van der Waals surface area contributed by atoms with E-state index >= 15 is 0 Å². The summed E-state index contributed by atoms with van der Waals surface area (Å²) in [5.41, 5.74) is 1.44. The molecule has 0 saturated heterocycles. The van der Waals surface area contributed by atoms with Crippen molar-refractivity contribution in [1.82, 2.24) is 0 Å². The Morgan fingerprint density at radius 1 is 1.35 bits per heavy atom. The number of amides is 1. The normalized spacial score (nSPS) is 21.9. The lowest BCUT2D eigenvalue weighted by atomic mass is 9.87. The van der Waals surface area contributed by atoms with E-state index in [-0.39, 0.29) is 12.1 Å². The standard InChI is InChI=1S/C14H20NO4P/c1-11(16)15-9-14(2,10-20(17,18-3)19-4)12-7-5-6-8-13(12)15/h5-8H,9-10H2,1-4H3. The van der Waals surface area contributed by atoms with Gasteiger partial charge in [-0.2, -0.15) is 0 Å². The molecule has 110 valence electrons. The van der Waals surface area contributed by atoms with Crippen LogP contribution in [0.1, 0.15) is 19.4 Å². The molecule has 1 heterocycles. The van der Waals surface area contributed by atoms with E-state index in [1.54, 1.807) is 4.90 Å². The fourth-order valence-electron chi connectivity index (χ4n) is 2.79. The van der Waals surface area contributed by atoms with Crippen molar-refractivity contribution < 1.29 is 18.4 Å². The third-order valence-corrected chi connectivity index (χ3v) is 6.03. The Morgan fingerprint density at radius 2 is 1.95 bits per heavy atom. The maximum absolute atomic E-state index is 12.5. The van der Waals surface area contributed by atoms with Crippen LogP contribution in [0.3, 0.4) is 0 Å². The van der Waals surface area contributed by atoms with E-state index in [2.05, 4.69) is 0 Å². The Bertz CT molecular complexity index is 566. The molecule has 0 aliphatic carbocycles. The second-order valence-electron chi connectivity index (χ2n) is 5.32. The summed E-state index contributed by atoms with van der Waals surface area (Å²) in [6.45, 7) is 4.01. The number of hydrogen-bond donors (Lipinski definition) is 0. The Balaban J connectivity index is 2.43. The van der Waals surface area contributed by atoms with E-state index < -0.39 is 13.0 Å². The summed E-state index contributed by atoms with van der Waals surface area (Å²) in [4.78, 5) is 13.5. The fraction of sp³-hybridized carbons (Fsp3) is 0.500. The van der Waals surface area contributed by atoms with Gasteiger partial charge in [0.15, 0.2) is 0 Å². The molecule has 1 aliphatic rings. The first-order valence-electron chi connectivity index (χ1n) is 6.43. The first-order chi connectivity index (χ1) is 9.35. The highest BCUT2D eigenvalue weighted by Gasteiger charge is 2.45.